The molecule has 1 aromatic rings. The number of nitrogens with one attached hydrogen (secondary N) is 1. The van der Waals surface area contributed by atoms with E-state index in [4.69, 9.17) is 5.73 Å². The van der Waals surface area contributed by atoms with Gasteiger partial charge in [-0.3, -0.25) is 0 Å². The van der Waals surface area contributed by atoms with Crippen LogP contribution in [-0.2, 0) is 12.1 Å². The SMILES string of the molecule is Cc1nc(C2(N)CCCC2)n2c1NCC2. The van der Waals surface area contributed by atoms with Gasteiger partial charge in [0.25, 0.3) is 0 Å². The van der Waals surface area contributed by atoms with Crippen LogP contribution < -0.4 is 11.1 Å². The molecule has 0 bridgehead atoms. The second-order valence-corrected chi connectivity index (χ2v) is 4.81. The Balaban J connectivity index is 2.08. The van der Waals surface area contributed by atoms with E-state index in [1.807, 2.05) is 0 Å². The molecule has 0 radical (unpaired) electrons. The van der Waals surface area contributed by atoms with Crippen molar-refractivity contribution in [3.05, 3.63) is 11.5 Å². The fraction of sp³-hybridized carbons (Fsp3) is 0.727. The molecular formula is C11H18N4. The van der Waals surface area contributed by atoms with Crippen molar-refractivity contribution in [3.63, 3.8) is 0 Å². The average molecular weight is 206 g/mol. The zero-order chi connectivity index (χ0) is 10.5. The molecule has 2 heterocycles. The van der Waals surface area contributed by atoms with E-state index >= 15 is 0 Å². The largest absolute Gasteiger partial charge is 0.368 e. The molecule has 0 amide bonds. The van der Waals surface area contributed by atoms with Gasteiger partial charge in [-0.2, -0.15) is 0 Å². The van der Waals surface area contributed by atoms with Crippen LogP contribution in [0.4, 0.5) is 5.82 Å². The van der Waals surface area contributed by atoms with E-state index < -0.39 is 0 Å². The first kappa shape index (κ1) is 9.21. The minimum atomic E-state index is -0.158. The number of anilines is 1. The van der Waals surface area contributed by atoms with Gasteiger partial charge in [-0.1, -0.05) is 12.8 Å². The standard InChI is InChI=1S/C11H18N4/c1-8-9-13-6-7-15(9)10(14-8)11(12)4-2-3-5-11/h13H,2-7,12H2,1H3. The van der Waals surface area contributed by atoms with Crippen molar-refractivity contribution in [1.82, 2.24) is 9.55 Å². The monoisotopic (exact) mass is 206 g/mol. The Bertz CT molecular complexity index is 388. The maximum Gasteiger partial charge on any atom is 0.130 e. The number of hydrogen-bond donors (Lipinski definition) is 2. The number of rotatable bonds is 1. The highest BCUT2D eigenvalue weighted by Gasteiger charge is 2.37. The third kappa shape index (κ3) is 1.21. The molecule has 4 heteroatoms. The van der Waals surface area contributed by atoms with Crippen molar-refractivity contribution in [1.29, 1.82) is 0 Å². The van der Waals surface area contributed by atoms with Gasteiger partial charge in [0, 0.05) is 13.1 Å². The summed E-state index contributed by atoms with van der Waals surface area (Å²) in [5.41, 5.74) is 7.39. The number of aromatic nitrogens is 2. The number of imidazole rings is 1. The van der Waals surface area contributed by atoms with Crippen molar-refractivity contribution >= 4 is 5.82 Å². The van der Waals surface area contributed by atoms with Gasteiger partial charge < -0.3 is 15.6 Å². The molecule has 1 aliphatic carbocycles. The second kappa shape index (κ2) is 2.98. The molecular weight excluding hydrogens is 188 g/mol. The number of nitrogens with zero attached hydrogens (tertiary/aromatic N) is 2. The van der Waals surface area contributed by atoms with E-state index in [2.05, 4.69) is 21.8 Å². The van der Waals surface area contributed by atoms with Crippen molar-refractivity contribution in [2.24, 2.45) is 5.73 Å². The van der Waals surface area contributed by atoms with Crippen molar-refractivity contribution < 1.29 is 0 Å². The molecule has 0 unspecified atom stereocenters. The Hall–Kier alpha value is -1.03. The molecule has 1 saturated carbocycles. The van der Waals surface area contributed by atoms with Crippen LogP contribution >= 0.6 is 0 Å². The molecule has 1 aliphatic heterocycles. The summed E-state index contributed by atoms with van der Waals surface area (Å²) in [4.78, 5) is 4.66. The minimum absolute atomic E-state index is 0.158. The average Bonchev–Trinajstić information content (AvgIpc) is 2.85. The van der Waals surface area contributed by atoms with Gasteiger partial charge in [-0.25, -0.2) is 4.98 Å². The summed E-state index contributed by atoms with van der Waals surface area (Å²) in [7, 11) is 0. The number of nitrogens with two attached hydrogens (primary N) is 1. The van der Waals surface area contributed by atoms with E-state index in [0.717, 1.165) is 37.4 Å². The molecule has 1 fully saturated rings. The highest BCUT2D eigenvalue weighted by molar-refractivity contribution is 5.46. The summed E-state index contributed by atoms with van der Waals surface area (Å²) < 4.78 is 2.28. The quantitative estimate of drug-likeness (QED) is 0.729. The summed E-state index contributed by atoms with van der Waals surface area (Å²) in [6, 6.07) is 0. The van der Waals surface area contributed by atoms with E-state index in [9.17, 15) is 0 Å². The lowest BCUT2D eigenvalue weighted by Crippen LogP contribution is -2.36. The smallest absolute Gasteiger partial charge is 0.130 e. The van der Waals surface area contributed by atoms with Crippen molar-refractivity contribution in [2.45, 2.75) is 44.7 Å². The highest BCUT2D eigenvalue weighted by atomic mass is 15.3. The van der Waals surface area contributed by atoms with Crippen LogP contribution in [0.2, 0.25) is 0 Å². The zero-order valence-electron chi connectivity index (χ0n) is 9.21. The predicted molar refractivity (Wildman–Crippen MR) is 59.8 cm³/mol. The van der Waals surface area contributed by atoms with E-state index in [-0.39, 0.29) is 5.54 Å². The van der Waals surface area contributed by atoms with Gasteiger partial charge in [0.1, 0.15) is 11.6 Å². The van der Waals surface area contributed by atoms with Crippen molar-refractivity contribution in [2.75, 3.05) is 11.9 Å². The van der Waals surface area contributed by atoms with E-state index in [1.165, 1.54) is 18.7 Å². The van der Waals surface area contributed by atoms with Crippen LogP contribution in [0.5, 0.6) is 0 Å². The Kier molecular flexibility index (Phi) is 1.83. The van der Waals surface area contributed by atoms with Crippen LogP contribution in [0.25, 0.3) is 0 Å². The number of hydrogen-bond acceptors (Lipinski definition) is 3. The Morgan fingerprint density at radius 3 is 2.87 bits per heavy atom. The summed E-state index contributed by atoms with van der Waals surface area (Å²) >= 11 is 0. The first-order chi connectivity index (χ1) is 7.21. The van der Waals surface area contributed by atoms with Crippen LogP contribution in [0.3, 0.4) is 0 Å². The molecule has 0 spiro atoms. The summed E-state index contributed by atoms with van der Waals surface area (Å²) in [5, 5.41) is 3.37. The van der Waals surface area contributed by atoms with Gasteiger partial charge >= 0.3 is 0 Å². The van der Waals surface area contributed by atoms with Crippen LogP contribution in [0, 0.1) is 6.92 Å². The molecule has 3 rings (SSSR count). The molecule has 2 aliphatic rings. The molecule has 0 saturated heterocycles. The number of fused-ring (bicyclic) bond motifs is 1. The molecule has 3 N–H and O–H groups in total. The second-order valence-electron chi connectivity index (χ2n) is 4.81. The van der Waals surface area contributed by atoms with E-state index in [1.54, 1.807) is 0 Å². The molecule has 0 atom stereocenters. The summed E-state index contributed by atoms with van der Waals surface area (Å²) in [6.07, 6.45) is 4.65. The lowest BCUT2D eigenvalue weighted by molar-refractivity contribution is 0.413. The third-order valence-electron chi connectivity index (χ3n) is 3.71. The molecule has 1 aromatic heterocycles. The maximum atomic E-state index is 6.46. The maximum absolute atomic E-state index is 6.46. The first-order valence-electron chi connectivity index (χ1n) is 5.81. The Morgan fingerprint density at radius 2 is 2.13 bits per heavy atom. The fourth-order valence-electron chi connectivity index (χ4n) is 2.91. The molecule has 4 nitrogen and oxygen atoms in total. The number of aryl methyl sites for hydroxylation is 1. The van der Waals surface area contributed by atoms with Gasteiger partial charge in [0.15, 0.2) is 0 Å². The van der Waals surface area contributed by atoms with Crippen LogP contribution in [0.15, 0.2) is 0 Å². The normalized spacial score (nSPS) is 22.8. The summed E-state index contributed by atoms with van der Waals surface area (Å²) in [5.74, 6) is 2.29. The minimum Gasteiger partial charge on any atom is -0.368 e. The van der Waals surface area contributed by atoms with Crippen LogP contribution in [0.1, 0.15) is 37.2 Å². The summed E-state index contributed by atoms with van der Waals surface area (Å²) in [6.45, 7) is 4.10. The predicted octanol–water partition coefficient (Wildman–Crippen LogP) is 1.35. The van der Waals surface area contributed by atoms with Gasteiger partial charge in [0.05, 0.1) is 11.2 Å². The zero-order valence-corrected chi connectivity index (χ0v) is 9.21. The third-order valence-corrected chi connectivity index (χ3v) is 3.71. The Labute approximate surface area is 89.9 Å². The fourth-order valence-corrected chi connectivity index (χ4v) is 2.91. The van der Waals surface area contributed by atoms with Gasteiger partial charge in [-0.05, 0) is 19.8 Å². The molecule has 0 aromatic carbocycles. The molecule has 82 valence electrons. The Morgan fingerprint density at radius 1 is 1.40 bits per heavy atom. The first-order valence-corrected chi connectivity index (χ1v) is 5.81. The van der Waals surface area contributed by atoms with Crippen LogP contribution in [-0.4, -0.2) is 16.1 Å². The van der Waals surface area contributed by atoms with Crippen molar-refractivity contribution in [3.8, 4) is 0 Å². The highest BCUT2D eigenvalue weighted by Crippen LogP contribution is 2.38. The topological polar surface area (TPSA) is 55.9 Å². The lowest BCUT2D eigenvalue weighted by atomic mass is 9.98. The van der Waals surface area contributed by atoms with Gasteiger partial charge in [-0.15, -0.1) is 0 Å². The van der Waals surface area contributed by atoms with E-state index in [0.29, 0.717) is 0 Å². The molecule has 15 heavy (non-hydrogen) atoms. The van der Waals surface area contributed by atoms with Gasteiger partial charge in [0.2, 0.25) is 0 Å². The lowest BCUT2D eigenvalue weighted by Gasteiger charge is -2.23.